The summed E-state index contributed by atoms with van der Waals surface area (Å²) in [6.07, 6.45) is -4.73. The Labute approximate surface area is 196 Å². The van der Waals surface area contributed by atoms with Gasteiger partial charge in [0.2, 0.25) is 0 Å². The molecule has 0 aromatic heterocycles. The molecule has 5 nitrogen and oxygen atoms in total. The third-order valence-electron chi connectivity index (χ3n) is 4.76. The van der Waals surface area contributed by atoms with E-state index in [1.807, 2.05) is 6.07 Å². The van der Waals surface area contributed by atoms with Gasteiger partial charge < -0.3 is 19.5 Å². The van der Waals surface area contributed by atoms with Crippen molar-refractivity contribution in [2.75, 3.05) is 40.4 Å². The first kappa shape index (κ1) is 27.5. The Morgan fingerprint density at radius 3 is 2.10 bits per heavy atom. The molecule has 1 aliphatic heterocycles. The number of halogens is 6. The Morgan fingerprint density at radius 1 is 0.968 bits per heavy atom. The van der Waals surface area contributed by atoms with E-state index in [0.29, 0.717) is 16.5 Å². The second-order valence-corrected chi connectivity index (χ2v) is 6.89. The Kier molecular flexibility index (Phi) is 10.5. The number of alkyl halides is 3. The Morgan fingerprint density at radius 2 is 1.58 bits per heavy atom. The molecule has 0 unspecified atom stereocenters. The second-order valence-electron chi connectivity index (χ2n) is 6.51. The minimum absolute atomic E-state index is 0. The van der Waals surface area contributed by atoms with E-state index in [2.05, 4.69) is 15.0 Å². The van der Waals surface area contributed by atoms with Crippen molar-refractivity contribution in [3.05, 3.63) is 52.5 Å². The van der Waals surface area contributed by atoms with Crippen LogP contribution in [0.4, 0.5) is 13.2 Å². The molecule has 1 N–H and O–H groups in total. The average molecular weight is 504 g/mol. The van der Waals surface area contributed by atoms with Gasteiger partial charge in [0.15, 0.2) is 11.5 Å². The summed E-state index contributed by atoms with van der Waals surface area (Å²) in [7, 11) is 3.04. The number of nitrogens with one attached hydrogen (secondary N) is 1. The first-order valence-corrected chi connectivity index (χ1v) is 9.42. The van der Waals surface area contributed by atoms with Crippen molar-refractivity contribution in [1.29, 1.82) is 0 Å². The van der Waals surface area contributed by atoms with Gasteiger partial charge in [0.25, 0.3) is 0 Å². The molecule has 2 aromatic carbocycles. The molecule has 0 radical (unpaired) electrons. The van der Waals surface area contributed by atoms with E-state index >= 15 is 0 Å². The summed E-state index contributed by atoms with van der Waals surface area (Å²) in [4.78, 5) is 2.23. The van der Waals surface area contributed by atoms with Crippen molar-refractivity contribution in [2.45, 2.75) is 12.4 Å². The zero-order valence-corrected chi connectivity index (χ0v) is 19.3. The fourth-order valence-corrected chi connectivity index (χ4v) is 3.83. The quantitative estimate of drug-likeness (QED) is 0.595. The number of methoxy groups -OCH3 is 2. The van der Waals surface area contributed by atoms with Gasteiger partial charge in [0.05, 0.1) is 25.3 Å². The highest BCUT2D eigenvalue weighted by atomic mass is 35.5. The maximum absolute atomic E-state index is 12.5. The summed E-state index contributed by atoms with van der Waals surface area (Å²) in [6, 6.07) is 9.25. The number of benzene rings is 2. The summed E-state index contributed by atoms with van der Waals surface area (Å²) in [5, 5.41) is 3.71. The lowest BCUT2D eigenvalue weighted by molar-refractivity contribution is -0.274. The molecule has 3 rings (SSSR count). The third-order valence-corrected chi connectivity index (χ3v) is 5.15. The first-order valence-electron chi connectivity index (χ1n) is 9.05. The minimum Gasteiger partial charge on any atom is -0.493 e. The van der Waals surface area contributed by atoms with Crippen LogP contribution in [0.25, 0.3) is 0 Å². The summed E-state index contributed by atoms with van der Waals surface area (Å²) < 4.78 is 52.2. The fraction of sp³-hybridized carbons (Fsp3) is 0.400. The smallest absolute Gasteiger partial charge is 0.493 e. The highest BCUT2D eigenvalue weighted by Gasteiger charge is 2.32. The lowest BCUT2D eigenvalue weighted by atomic mass is 9.95. The molecule has 0 bridgehead atoms. The Bertz CT molecular complexity index is 833. The van der Waals surface area contributed by atoms with Gasteiger partial charge in [-0.15, -0.1) is 38.0 Å². The highest BCUT2D eigenvalue weighted by Crippen LogP contribution is 2.43. The van der Waals surface area contributed by atoms with E-state index in [4.69, 9.17) is 21.1 Å². The van der Waals surface area contributed by atoms with Crippen molar-refractivity contribution in [1.82, 2.24) is 10.2 Å². The number of hydrogen-bond donors (Lipinski definition) is 1. The lowest BCUT2D eigenvalue weighted by Crippen LogP contribution is -2.45. The topological polar surface area (TPSA) is 43.0 Å². The van der Waals surface area contributed by atoms with Gasteiger partial charge in [-0.2, -0.15) is 0 Å². The zero-order valence-electron chi connectivity index (χ0n) is 16.9. The number of rotatable bonds is 6. The van der Waals surface area contributed by atoms with E-state index < -0.39 is 6.36 Å². The maximum atomic E-state index is 12.5. The largest absolute Gasteiger partial charge is 0.573 e. The normalized spacial score (nSPS) is 15.3. The SMILES string of the molecule is COc1ccc([C@@H](c2ccc(OC(F)(F)F)cc2)N2CCNCC2)c(Cl)c1OC.Cl.Cl. The molecule has 2 aromatic rings. The van der Waals surface area contributed by atoms with Crippen LogP contribution >= 0.6 is 36.4 Å². The second kappa shape index (κ2) is 11.9. The van der Waals surface area contributed by atoms with Crippen LogP contribution in [0.15, 0.2) is 36.4 Å². The van der Waals surface area contributed by atoms with Gasteiger partial charge in [0.1, 0.15) is 5.75 Å². The molecule has 1 fully saturated rings. The van der Waals surface area contributed by atoms with Crippen LogP contribution in [0.1, 0.15) is 17.2 Å². The van der Waals surface area contributed by atoms with E-state index in [1.165, 1.54) is 26.4 Å². The summed E-state index contributed by atoms with van der Waals surface area (Å²) in [5.74, 6) is 0.664. The molecule has 1 atom stereocenters. The van der Waals surface area contributed by atoms with Gasteiger partial charge in [-0.1, -0.05) is 29.8 Å². The molecule has 174 valence electrons. The molecule has 0 spiro atoms. The number of piperazine rings is 1. The molecular formula is C20H24Cl3F3N2O3. The Balaban J connectivity index is 0.00000240. The van der Waals surface area contributed by atoms with Crippen molar-refractivity contribution < 1.29 is 27.4 Å². The van der Waals surface area contributed by atoms with Crippen LogP contribution in [0.2, 0.25) is 5.02 Å². The predicted molar refractivity (Wildman–Crippen MR) is 118 cm³/mol. The van der Waals surface area contributed by atoms with Gasteiger partial charge >= 0.3 is 6.36 Å². The van der Waals surface area contributed by atoms with Crippen molar-refractivity contribution in [3.8, 4) is 17.2 Å². The summed E-state index contributed by atoms with van der Waals surface area (Å²) in [5.41, 5.74) is 1.59. The van der Waals surface area contributed by atoms with Crippen molar-refractivity contribution in [2.24, 2.45) is 0 Å². The van der Waals surface area contributed by atoms with Gasteiger partial charge in [-0.3, -0.25) is 4.90 Å². The molecule has 11 heteroatoms. The summed E-state index contributed by atoms with van der Waals surface area (Å²) in [6.45, 7) is 3.12. The van der Waals surface area contributed by atoms with Crippen LogP contribution < -0.4 is 19.5 Å². The monoisotopic (exact) mass is 502 g/mol. The van der Waals surface area contributed by atoms with Gasteiger partial charge in [0, 0.05) is 26.2 Å². The van der Waals surface area contributed by atoms with E-state index in [-0.39, 0.29) is 36.6 Å². The highest BCUT2D eigenvalue weighted by molar-refractivity contribution is 6.33. The predicted octanol–water partition coefficient (Wildman–Crippen LogP) is 5.09. The van der Waals surface area contributed by atoms with Gasteiger partial charge in [-0.05, 0) is 29.3 Å². The van der Waals surface area contributed by atoms with Crippen LogP contribution in [0, 0.1) is 0 Å². The first-order chi connectivity index (χ1) is 13.8. The molecular weight excluding hydrogens is 480 g/mol. The Hall–Kier alpha value is -1.58. The van der Waals surface area contributed by atoms with Crippen LogP contribution in [0.5, 0.6) is 17.2 Å². The zero-order chi connectivity index (χ0) is 21.0. The number of ether oxygens (including phenoxy) is 3. The van der Waals surface area contributed by atoms with E-state index in [1.54, 1.807) is 18.2 Å². The molecule has 1 heterocycles. The van der Waals surface area contributed by atoms with E-state index in [9.17, 15) is 13.2 Å². The third kappa shape index (κ3) is 6.70. The van der Waals surface area contributed by atoms with Crippen LogP contribution in [0.3, 0.4) is 0 Å². The van der Waals surface area contributed by atoms with Crippen LogP contribution in [-0.4, -0.2) is 51.7 Å². The van der Waals surface area contributed by atoms with Crippen molar-refractivity contribution >= 4 is 36.4 Å². The molecule has 31 heavy (non-hydrogen) atoms. The molecule has 0 aliphatic carbocycles. The van der Waals surface area contributed by atoms with Crippen molar-refractivity contribution in [3.63, 3.8) is 0 Å². The van der Waals surface area contributed by atoms with Gasteiger partial charge in [-0.25, -0.2) is 0 Å². The number of nitrogens with zero attached hydrogens (tertiary/aromatic N) is 1. The summed E-state index contributed by atoms with van der Waals surface area (Å²) >= 11 is 6.65. The molecule has 0 saturated carbocycles. The standard InChI is InChI=1S/C20H22ClF3N2O3.2ClH/c1-27-16-8-7-15(17(21)19(16)28-2)18(26-11-9-25-10-12-26)13-3-5-14(6-4-13)29-20(22,23)24;;/h3-8,18,25H,9-12H2,1-2H3;2*1H/t18-;;/m1../s1. The minimum atomic E-state index is -4.73. The average Bonchev–Trinajstić information content (AvgIpc) is 2.70. The molecule has 1 saturated heterocycles. The lowest BCUT2D eigenvalue weighted by Gasteiger charge is -2.36. The van der Waals surface area contributed by atoms with E-state index in [0.717, 1.165) is 37.3 Å². The number of hydrogen-bond acceptors (Lipinski definition) is 5. The van der Waals surface area contributed by atoms with Crippen LogP contribution in [-0.2, 0) is 0 Å². The fourth-order valence-electron chi connectivity index (χ4n) is 3.49. The maximum Gasteiger partial charge on any atom is 0.573 e. The molecule has 0 amide bonds. The molecule has 1 aliphatic rings.